The number of benzene rings is 2. The van der Waals surface area contributed by atoms with Crippen molar-refractivity contribution < 1.29 is 14.0 Å². The summed E-state index contributed by atoms with van der Waals surface area (Å²) in [6, 6.07) is 15.6. The molecule has 2 aliphatic rings. The Morgan fingerprint density at radius 2 is 1.92 bits per heavy atom. The first-order chi connectivity index (χ1) is 17.4. The largest absolute Gasteiger partial charge is 0.336 e. The molecule has 0 spiro atoms. The van der Waals surface area contributed by atoms with Crippen LogP contribution in [0.25, 0.3) is 16.9 Å². The van der Waals surface area contributed by atoms with Crippen LogP contribution in [0.5, 0.6) is 0 Å². The topological polar surface area (TPSA) is 90.8 Å². The molecule has 2 amide bonds. The summed E-state index contributed by atoms with van der Waals surface area (Å²) in [6.07, 6.45) is 0.443. The molecule has 0 radical (unpaired) electrons. The van der Waals surface area contributed by atoms with Crippen LogP contribution in [0, 0.1) is 11.7 Å². The van der Waals surface area contributed by atoms with Crippen LogP contribution < -0.4 is 10.5 Å². The van der Waals surface area contributed by atoms with Crippen LogP contribution in [-0.2, 0) is 22.6 Å². The number of amides is 2. The predicted octanol–water partition coefficient (Wildman–Crippen LogP) is 3.42. The Morgan fingerprint density at radius 1 is 1.11 bits per heavy atom. The van der Waals surface area contributed by atoms with Crippen LogP contribution in [0.4, 0.5) is 10.1 Å². The van der Waals surface area contributed by atoms with Gasteiger partial charge in [-0.3, -0.25) is 19.5 Å². The second-order valence-corrected chi connectivity index (χ2v) is 9.49. The number of fused-ring (bicyclic) bond motifs is 2. The molecule has 0 aliphatic carbocycles. The Balaban J connectivity index is 1.23. The molecule has 0 saturated carbocycles. The lowest BCUT2D eigenvalue weighted by atomic mass is 10.0. The van der Waals surface area contributed by atoms with E-state index in [0.29, 0.717) is 35.6 Å². The van der Waals surface area contributed by atoms with Crippen molar-refractivity contribution in [2.24, 2.45) is 5.92 Å². The fourth-order valence-electron chi connectivity index (χ4n) is 4.98. The minimum absolute atomic E-state index is 0.0601. The van der Waals surface area contributed by atoms with Crippen LogP contribution in [0.3, 0.4) is 0 Å². The van der Waals surface area contributed by atoms with Gasteiger partial charge >= 0.3 is 0 Å². The standard InChI is InChI=1S/C26H21ClFN5O3/c27-19-11-17(6-7-20(19)28)32-13-16(10-24(32)34)25(35)31-9-8-18-22(14-31)29-23-12-21(30-33(23)26(18)36)15-4-2-1-3-5-15/h1-7,11-12,16,30H,8-10,13-14H2/t16-/m0/s1. The van der Waals surface area contributed by atoms with E-state index in [-0.39, 0.29) is 41.9 Å². The van der Waals surface area contributed by atoms with Gasteiger partial charge in [0.2, 0.25) is 11.8 Å². The Kier molecular flexibility index (Phi) is 5.37. The monoisotopic (exact) mass is 505 g/mol. The Morgan fingerprint density at radius 3 is 2.69 bits per heavy atom. The molecule has 4 heterocycles. The van der Waals surface area contributed by atoms with Crippen molar-refractivity contribution >= 4 is 34.7 Å². The number of aromatic amines is 1. The number of carbonyl (C=O) groups is 2. The molecule has 1 N–H and O–H groups in total. The maximum absolute atomic E-state index is 13.5. The van der Waals surface area contributed by atoms with Crippen molar-refractivity contribution in [1.29, 1.82) is 0 Å². The maximum Gasteiger partial charge on any atom is 0.276 e. The smallest absolute Gasteiger partial charge is 0.276 e. The minimum Gasteiger partial charge on any atom is -0.336 e. The summed E-state index contributed by atoms with van der Waals surface area (Å²) in [7, 11) is 0. The number of hydrogen-bond donors (Lipinski definition) is 1. The lowest BCUT2D eigenvalue weighted by molar-refractivity contribution is -0.136. The van der Waals surface area contributed by atoms with Gasteiger partial charge in [0, 0.05) is 36.8 Å². The molecule has 10 heteroatoms. The first-order valence-corrected chi connectivity index (χ1v) is 12.0. The highest BCUT2D eigenvalue weighted by Gasteiger charge is 2.38. The molecule has 1 fully saturated rings. The first kappa shape index (κ1) is 22.5. The number of halogens is 2. The van der Waals surface area contributed by atoms with Crippen LogP contribution in [0.15, 0.2) is 59.4 Å². The Labute approximate surface area is 209 Å². The molecule has 6 rings (SSSR count). The van der Waals surface area contributed by atoms with E-state index in [1.54, 1.807) is 4.90 Å². The summed E-state index contributed by atoms with van der Waals surface area (Å²) in [6.45, 7) is 0.767. The molecular formula is C26H21ClFN5O3. The zero-order valence-corrected chi connectivity index (χ0v) is 19.8. The maximum atomic E-state index is 13.5. The molecule has 2 aromatic heterocycles. The van der Waals surface area contributed by atoms with E-state index >= 15 is 0 Å². The molecule has 1 atom stereocenters. The van der Waals surface area contributed by atoms with Gasteiger partial charge in [-0.05, 0) is 30.2 Å². The van der Waals surface area contributed by atoms with Gasteiger partial charge in [0.15, 0.2) is 5.65 Å². The summed E-state index contributed by atoms with van der Waals surface area (Å²) < 4.78 is 15.0. The molecule has 182 valence electrons. The van der Waals surface area contributed by atoms with Gasteiger partial charge in [-0.15, -0.1) is 0 Å². The Bertz CT molecular complexity index is 1580. The SMILES string of the molecule is O=C([C@H]1CC(=O)N(c2ccc(F)c(Cl)c2)C1)N1CCc2c(nc3cc(-c4ccccc4)[nH]n3c2=O)C1. The highest BCUT2D eigenvalue weighted by atomic mass is 35.5. The van der Waals surface area contributed by atoms with Crippen molar-refractivity contribution in [3.05, 3.63) is 87.0 Å². The summed E-state index contributed by atoms with van der Waals surface area (Å²) in [4.78, 5) is 46.9. The highest BCUT2D eigenvalue weighted by molar-refractivity contribution is 6.31. The molecule has 4 aromatic rings. The van der Waals surface area contributed by atoms with Crippen molar-refractivity contribution in [2.45, 2.75) is 19.4 Å². The third-order valence-electron chi connectivity index (χ3n) is 6.85. The molecule has 2 aromatic carbocycles. The van der Waals surface area contributed by atoms with Crippen LogP contribution in [-0.4, -0.2) is 44.4 Å². The molecule has 2 aliphatic heterocycles. The van der Waals surface area contributed by atoms with Crippen molar-refractivity contribution in [3.63, 3.8) is 0 Å². The van der Waals surface area contributed by atoms with Gasteiger partial charge in [-0.25, -0.2) is 13.9 Å². The van der Waals surface area contributed by atoms with Crippen LogP contribution in [0.2, 0.25) is 5.02 Å². The van der Waals surface area contributed by atoms with E-state index in [9.17, 15) is 18.8 Å². The van der Waals surface area contributed by atoms with E-state index in [2.05, 4.69) is 10.1 Å². The third kappa shape index (κ3) is 3.76. The number of carbonyl (C=O) groups excluding carboxylic acids is 2. The van der Waals surface area contributed by atoms with Crippen molar-refractivity contribution in [1.82, 2.24) is 19.5 Å². The summed E-state index contributed by atoms with van der Waals surface area (Å²) in [5.74, 6) is -1.48. The highest BCUT2D eigenvalue weighted by Crippen LogP contribution is 2.30. The average Bonchev–Trinajstić information content (AvgIpc) is 3.49. The van der Waals surface area contributed by atoms with E-state index in [4.69, 9.17) is 11.6 Å². The lowest BCUT2D eigenvalue weighted by Crippen LogP contribution is -2.43. The van der Waals surface area contributed by atoms with E-state index in [0.717, 1.165) is 11.3 Å². The van der Waals surface area contributed by atoms with Gasteiger partial charge in [-0.1, -0.05) is 41.9 Å². The van der Waals surface area contributed by atoms with E-state index in [1.165, 1.54) is 27.6 Å². The molecule has 0 bridgehead atoms. The number of anilines is 1. The average molecular weight is 506 g/mol. The molecule has 8 nitrogen and oxygen atoms in total. The summed E-state index contributed by atoms with van der Waals surface area (Å²) >= 11 is 5.87. The zero-order chi connectivity index (χ0) is 25.0. The van der Waals surface area contributed by atoms with Gasteiger partial charge in [0.1, 0.15) is 5.82 Å². The summed E-state index contributed by atoms with van der Waals surface area (Å²) in [5.41, 5.74) is 3.66. The predicted molar refractivity (Wildman–Crippen MR) is 132 cm³/mol. The van der Waals surface area contributed by atoms with E-state index in [1.807, 2.05) is 36.4 Å². The summed E-state index contributed by atoms with van der Waals surface area (Å²) in [5, 5.41) is 3.05. The van der Waals surface area contributed by atoms with Gasteiger partial charge in [0.05, 0.1) is 28.9 Å². The molecule has 0 unspecified atom stereocenters. The van der Waals surface area contributed by atoms with Crippen LogP contribution in [0.1, 0.15) is 17.7 Å². The fourth-order valence-corrected chi connectivity index (χ4v) is 5.16. The number of rotatable bonds is 3. The molecular weight excluding hydrogens is 485 g/mol. The Hall–Kier alpha value is -3.98. The van der Waals surface area contributed by atoms with Crippen molar-refractivity contribution in [2.75, 3.05) is 18.0 Å². The van der Waals surface area contributed by atoms with Gasteiger partial charge in [0.25, 0.3) is 5.56 Å². The lowest BCUT2D eigenvalue weighted by Gasteiger charge is -2.29. The number of nitrogens with one attached hydrogen (secondary N) is 1. The number of hydrogen-bond acceptors (Lipinski definition) is 4. The second kappa shape index (κ2) is 8.60. The normalized spacial score (nSPS) is 17.6. The molecule has 36 heavy (non-hydrogen) atoms. The quantitative estimate of drug-likeness (QED) is 0.462. The zero-order valence-electron chi connectivity index (χ0n) is 19.1. The van der Waals surface area contributed by atoms with Gasteiger partial charge in [-0.2, -0.15) is 0 Å². The minimum atomic E-state index is -0.567. The number of nitrogens with zero attached hydrogens (tertiary/aromatic N) is 4. The van der Waals surface area contributed by atoms with E-state index < -0.39 is 11.7 Å². The number of aromatic nitrogens is 3. The van der Waals surface area contributed by atoms with Crippen molar-refractivity contribution in [3.8, 4) is 11.3 Å². The first-order valence-electron chi connectivity index (χ1n) is 11.6. The molecule has 1 saturated heterocycles. The second-order valence-electron chi connectivity index (χ2n) is 9.09. The fraction of sp³-hybridized carbons (Fsp3) is 0.231. The number of H-pyrrole nitrogens is 1. The van der Waals surface area contributed by atoms with Gasteiger partial charge < -0.3 is 9.80 Å². The van der Waals surface area contributed by atoms with Crippen LogP contribution >= 0.6 is 11.6 Å². The third-order valence-corrected chi connectivity index (χ3v) is 7.14.